The molecule has 1 saturated heterocycles. The molecule has 0 aromatic heterocycles. The lowest BCUT2D eigenvalue weighted by Crippen LogP contribution is -2.52. The monoisotopic (exact) mass is 508 g/mol. The van der Waals surface area contributed by atoms with E-state index >= 15 is 0 Å². The number of amides is 3. The van der Waals surface area contributed by atoms with Crippen LogP contribution >= 0.6 is 0 Å². The Morgan fingerprint density at radius 3 is 1.94 bits per heavy atom. The van der Waals surface area contributed by atoms with Crippen molar-refractivity contribution >= 4 is 23.7 Å². The Kier molecular flexibility index (Phi) is 17.5. The number of unbranched alkanes of at least 4 members (excludes halogenated alkanes) is 12. The summed E-state index contributed by atoms with van der Waals surface area (Å²) in [5.74, 6) is -0.885. The van der Waals surface area contributed by atoms with Crippen molar-refractivity contribution in [2.75, 3.05) is 13.1 Å². The van der Waals surface area contributed by atoms with Crippen LogP contribution in [-0.4, -0.2) is 53.8 Å². The molecule has 0 radical (unpaired) electrons. The van der Waals surface area contributed by atoms with Crippen molar-refractivity contribution in [2.45, 2.75) is 135 Å². The van der Waals surface area contributed by atoms with E-state index in [2.05, 4.69) is 17.2 Å². The van der Waals surface area contributed by atoms with Crippen molar-refractivity contribution in [2.24, 2.45) is 22.2 Å². The number of guanidine groups is 1. The van der Waals surface area contributed by atoms with Gasteiger partial charge in [0, 0.05) is 19.5 Å². The van der Waals surface area contributed by atoms with Gasteiger partial charge in [-0.2, -0.15) is 0 Å². The molecular weight excluding hydrogens is 456 g/mol. The van der Waals surface area contributed by atoms with Gasteiger partial charge in [0.1, 0.15) is 12.1 Å². The number of hydrogen-bond donors (Lipinski definition) is 4. The van der Waals surface area contributed by atoms with Gasteiger partial charge in [-0.1, -0.05) is 84.0 Å². The number of carbonyl (C=O) groups is 3. The molecular formula is C27H52N6O3. The molecule has 9 heteroatoms. The van der Waals surface area contributed by atoms with Crippen LogP contribution < -0.4 is 22.5 Å². The molecule has 0 aromatic carbocycles. The van der Waals surface area contributed by atoms with Crippen LogP contribution in [-0.2, 0) is 14.4 Å². The summed E-state index contributed by atoms with van der Waals surface area (Å²) in [6, 6.07) is -1.30. The number of carbonyl (C=O) groups excluding carboxylic acids is 3. The van der Waals surface area contributed by atoms with Gasteiger partial charge in [0.25, 0.3) is 0 Å². The van der Waals surface area contributed by atoms with Gasteiger partial charge in [0.05, 0.1) is 0 Å². The van der Waals surface area contributed by atoms with Gasteiger partial charge in [-0.25, -0.2) is 0 Å². The first-order chi connectivity index (χ1) is 17.4. The minimum Gasteiger partial charge on any atom is -0.370 e. The first-order valence-corrected chi connectivity index (χ1v) is 14.3. The molecule has 36 heavy (non-hydrogen) atoms. The van der Waals surface area contributed by atoms with E-state index < -0.39 is 18.0 Å². The molecule has 0 aromatic rings. The number of hydrogen-bond acceptors (Lipinski definition) is 4. The molecule has 1 aliphatic rings. The second-order valence-electron chi connectivity index (χ2n) is 10.2. The second-order valence-corrected chi connectivity index (χ2v) is 10.2. The third-order valence-corrected chi connectivity index (χ3v) is 6.95. The number of primary amides is 1. The van der Waals surface area contributed by atoms with Crippen LogP contribution in [0.15, 0.2) is 4.99 Å². The van der Waals surface area contributed by atoms with Crippen molar-refractivity contribution in [1.82, 2.24) is 10.2 Å². The average Bonchev–Trinajstić information content (AvgIpc) is 3.34. The van der Waals surface area contributed by atoms with Gasteiger partial charge < -0.3 is 27.4 Å². The van der Waals surface area contributed by atoms with E-state index in [1.54, 1.807) is 0 Å². The van der Waals surface area contributed by atoms with Crippen LogP contribution in [0.3, 0.4) is 0 Å². The molecule has 1 fully saturated rings. The lowest BCUT2D eigenvalue weighted by molar-refractivity contribution is -0.140. The highest BCUT2D eigenvalue weighted by atomic mass is 16.2. The Morgan fingerprint density at radius 1 is 0.861 bits per heavy atom. The fraction of sp³-hybridized carbons (Fsp3) is 0.852. The Hall–Kier alpha value is -2.32. The van der Waals surface area contributed by atoms with E-state index in [-0.39, 0.29) is 17.8 Å². The maximum Gasteiger partial charge on any atom is 0.245 e. The lowest BCUT2D eigenvalue weighted by atomic mass is 10.0. The highest BCUT2D eigenvalue weighted by molar-refractivity contribution is 5.92. The van der Waals surface area contributed by atoms with E-state index in [9.17, 15) is 14.4 Å². The Labute approximate surface area is 218 Å². The SMILES string of the molecule is CCCCCCCCCCCCCCCC(=O)N[C@@H](CCCN=C(N)N)C(=O)N1CCC[C@H]1C(N)=O. The van der Waals surface area contributed by atoms with Crippen molar-refractivity contribution in [1.29, 1.82) is 0 Å². The molecule has 1 rings (SSSR count). The Balaban J connectivity index is 2.30. The van der Waals surface area contributed by atoms with Gasteiger partial charge >= 0.3 is 0 Å². The van der Waals surface area contributed by atoms with Crippen molar-refractivity contribution in [3.63, 3.8) is 0 Å². The summed E-state index contributed by atoms with van der Waals surface area (Å²) in [5, 5.41) is 2.89. The number of nitrogens with zero attached hydrogens (tertiary/aromatic N) is 2. The summed E-state index contributed by atoms with van der Waals surface area (Å²) < 4.78 is 0. The van der Waals surface area contributed by atoms with Crippen molar-refractivity contribution < 1.29 is 14.4 Å². The molecule has 3 amide bonds. The van der Waals surface area contributed by atoms with Gasteiger partial charge in [0.15, 0.2) is 5.96 Å². The maximum atomic E-state index is 13.1. The van der Waals surface area contributed by atoms with Gasteiger partial charge in [-0.05, 0) is 32.1 Å². The van der Waals surface area contributed by atoms with Crippen LogP contribution in [0.25, 0.3) is 0 Å². The smallest absolute Gasteiger partial charge is 0.245 e. The van der Waals surface area contributed by atoms with Crippen LogP contribution in [0.4, 0.5) is 0 Å². The highest BCUT2D eigenvalue weighted by Gasteiger charge is 2.36. The summed E-state index contributed by atoms with van der Waals surface area (Å²) in [5.41, 5.74) is 16.2. The molecule has 0 unspecified atom stereocenters. The molecule has 0 bridgehead atoms. The number of aliphatic imine (C=N–C) groups is 1. The molecule has 0 spiro atoms. The van der Waals surface area contributed by atoms with Crippen LogP contribution in [0, 0.1) is 0 Å². The standard InChI is InChI=1S/C27H52N6O3/c1-2-3-4-5-6-7-8-9-10-11-12-13-14-19-24(34)32-22(17-15-20-31-27(29)30)26(36)33-21-16-18-23(33)25(28)35/h22-23H,2-21H2,1H3,(H2,28,35)(H,32,34)(H4,29,30,31)/t22-,23-/m0/s1. The first-order valence-electron chi connectivity index (χ1n) is 14.3. The summed E-state index contributed by atoms with van der Waals surface area (Å²) in [7, 11) is 0. The van der Waals surface area contributed by atoms with E-state index in [1.165, 1.54) is 69.1 Å². The molecule has 1 heterocycles. The molecule has 7 N–H and O–H groups in total. The zero-order valence-electron chi connectivity index (χ0n) is 22.6. The minimum atomic E-state index is -0.700. The molecule has 0 saturated carbocycles. The van der Waals surface area contributed by atoms with Crippen LogP contribution in [0.2, 0.25) is 0 Å². The molecule has 9 nitrogen and oxygen atoms in total. The van der Waals surface area contributed by atoms with E-state index in [4.69, 9.17) is 17.2 Å². The van der Waals surface area contributed by atoms with E-state index in [0.29, 0.717) is 38.8 Å². The lowest BCUT2D eigenvalue weighted by Gasteiger charge is -2.27. The largest absolute Gasteiger partial charge is 0.370 e. The highest BCUT2D eigenvalue weighted by Crippen LogP contribution is 2.19. The van der Waals surface area contributed by atoms with Crippen LogP contribution in [0.5, 0.6) is 0 Å². The number of likely N-dealkylation sites (tertiary alicyclic amines) is 1. The van der Waals surface area contributed by atoms with Crippen LogP contribution in [0.1, 0.15) is 122 Å². The Bertz CT molecular complexity index is 666. The molecule has 208 valence electrons. The van der Waals surface area contributed by atoms with Crippen molar-refractivity contribution in [3.8, 4) is 0 Å². The molecule has 0 aliphatic carbocycles. The zero-order valence-corrected chi connectivity index (χ0v) is 22.6. The summed E-state index contributed by atoms with van der Waals surface area (Å²) in [6.45, 7) is 3.10. The quantitative estimate of drug-likeness (QED) is 0.106. The predicted molar refractivity (Wildman–Crippen MR) is 146 cm³/mol. The topological polar surface area (TPSA) is 157 Å². The maximum absolute atomic E-state index is 13.1. The molecule has 2 atom stereocenters. The van der Waals surface area contributed by atoms with Gasteiger partial charge in [-0.15, -0.1) is 0 Å². The third kappa shape index (κ3) is 14.3. The summed E-state index contributed by atoms with van der Waals surface area (Å²) in [4.78, 5) is 42.9. The summed E-state index contributed by atoms with van der Waals surface area (Å²) >= 11 is 0. The first kappa shape index (κ1) is 31.7. The normalized spacial score (nSPS) is 16.0. The van der Waals surface area contributed by atoms with E-state index in [1.807, 2.05) is 0 Å². The summed E-state index contributed by atoms with van der Waals surface area (Å²) in [6.07, 6.45) is 18.9. The van der Waals surface area contributed by atoms with Gasteiger partial charge in [-0.3, -0.25) is 19.4 Å². The minimum absolute atomic E-state index is 0.00217. The fourth-order valence-electron chi connectivity index (χ4n) is 4.86. The predicted octanol–water partition coefficient (Wildman–Crippen LogP) is 3.48. The fourth-order valence-corrected chi connectivity index (χ4v) is 4.86. The number of nitrogens with two attached hydrogens (primary N) is 3. The van der Waals surface area contributed by atoms with Crippen molar-refractivity contribution in [3.05, 3.63) is 0 Å². The average molecular weight is 509 g/mol. The van der Waals surface area contributed by atoms with E-state index in [0.717, 1.165) is 25.7 Å². The van der Waals surface area contributed by atoms with Gasteiger partial charge in [0.2, 0.25) is 17.7 Å². The molecule has 1 aliphatic heterocycles. The third-order valence-electron chi connectivity index (χ3n) is 6.95. The zero-order chi connectivity index (χ0) is 26.6. The second kappa shape index (κ2) is 19.8. The number of nitrogens with one attached hydrogen (secondary N) is 1. The number of rotatable bonds is 21. The Morgan fingerprint density at radius 2 is 1.42 bits per heavy atom.